The summed E-state index contributed by atoms with van der Waals surface area (Å²) in [5.41, 5.74) is 1.42. The van der Waals surface area contributed by atoms with Crippen molar-refractivity contribution >= 4 is 21.8 Å². The van der Waals surface area contributed by atoms with Crippen LogP contribution in [0.15, 0.2) is 53.0 Å². The van der Waals surface area contributed by atoms with Crippen molar-refractivity contribution in [3.05, 3.63) is 64.1 Å². The molecule has 1 aliphatic heterocycles. The van der Waals surface area contributed by atoms with Crippen molar-refractivity contribution in [3.8, 4) is 5.75 Å². The summed E-state index contributed by atoms with van der Waals surface area (Å²) in [6.45, 7) is 3.53. The molecular weight excluding hydrogens is 384 g/mol. The molecule has 0 saturated carbocycles. The molecule has 0 aromatic heterocycles. The third-order valence-electron chi connectivity index (χ3n) is 4.33. The van der Waals surface area contributed by atoms with Gasteiger partial charge in [0, 0.05) is 24.1 Å². The quantitative estimate of drug-likeness (QED) is 0.803. The molecule has 1 unspecified atom stereocenters. The highest BCUT2D eigenvalue weighted by molar-refractivity contribution is 9.10. The summed E-state index contributed by atoms with van der Waals surface area (Å²) in [6.07, 6.45) is 0. The number of ether oxygens (including phenoxy) is 1. The number of hydrogen-bond donors (Lipinski definition) is 2. The molecule has 5 nitrogen and oxygen atoms in total. The SMILES string of the molecule is O=C(NCC(c1ccccc1)N1CCOCC1)c1cc(Br)ccc1O. The van der Waals surface area contributed by atoms with E-state index in [9.17, 15) is 9.90 Å². The number of nitrogens with one attached hydrogen (secondary N) is 1. The fourth-order valence-corrected chi connectivity index (χ4v) is 3.36. The number of carbonyl (C=O) groups is 1. The van der Waals surface area contributed by atoms with Gasteiger partial charge in [0.25, 0.3) is 5.91 Å². The number of nitrogens with zero attached hydrogens (tertiary/aromatic N) is 1. The van der Waals surface area contributed by atoms with Gasteiger partial charge in [0.05, 0.1) is 24.8 Å². The molecule has 1 atom stereocenters. The van der Waals surface area contributed by atoms with E-state index < -0.39 is 0 Å². The summed E-state index contributed by atoms with van der Waals surface area (Å²) in [5, 5.41) is 12.9. The average molecular weight is 405 g/mol. The molecule has 1 amide bonds. The van der Waals surface area contributed by atoms with Crippen molar-refractivity contribution < 1.29 is 14.6 Å². The van der Waals surface area contributed by atoms with Gasteiger partial charge in [0.1, 0.15) is 5.75 Å². The topological polar surface area (TPSA) is 61.8 Å². The van der Waals surface area contributed by atoms with Crippen LogP contribution < -0.4 is 5.32 Å². The zero-order valence-electron chi connectivity index (χ0n) is 13.8. The van der Waals surface area contributed by atoms with Crippen LogP contribution in [-0.2, 0) is 4.74 Å². The number of rotatable bonds is 5. The van der Waals surface area contributed by atoms with E-state index in [1.807, 2.05) is 18.2 Å². The van der Waals surface area contributed by atoms with Crippen molar-refractivity contribution in [2.24, 2.45) is 0 Å². The van der Waals surface area contributed by atoms with E-state index in [0.717, 1.165) is 23.1 Å². The second-order valence-corrected chi connectivity index (χ2v) is 6.86. The molecule has 0 radical (unpaired) electrons. The molecule has 1 fully saturated rings. The number of aromatic hydroxyl groups is 1. The van der Waals surface area contributed by atoms with Gasteiger partial charge in [-0.3, -0.25) is 9.69 Å². The minimum atomic E-state index is -0.284. The Labute approximate surface area is 155 Å². The number of benzene rings is 2. The van der Waals surface area contributed by atoms with Gasteiger partial charge in [-0.05, 0) is 23.8 Å². The van der Waals surface area contributed by atoms with Crippen LogP contribution in [0.2, 0.25) is 0 Å². The molecule has 0 bridgehead atoms. The van der Waals surface area contributed by atoms with Crippen LogP contribution >= 0.6 is 15.9 Å². The number of morpholine rings is 1. The monoisotopic (exact) mass is 404 g/mol. The van der Waals surface area contributed by atoms with E-state index >= 15 is 0 Å². The van der Waals surface area contributed by atoms with Gasteiger partial charge in [0.2, 0.25) is 0 Å². The van der Waals surface area contributed by atoms with Crippen LogP contribution in [-0.4, -0.2) is 48.8 Å². The average Bonchev–Trinajstić information content (AvgIpc) is 2.65. The molecule has 25 heavy (non-hydrogen) atoms. The normalized spacial score (nSPS) is 16.4. The molecule has 2 aromatic carbocycles. The smallest absolute Gasteiger partial charge is 0.255 e. The van der Waals surface area contributed by atoms with Crippen LogP contribution in [0, 0.1) is 0 Å². The lowest BCUT2D eigenvalue weighted by atomic mass is 10.0. The summed E-state index contributed by atoms with van der Waals surface area (Å²) >= 11 is 3.33. The molecule has 3 rings (SSSR count). The zero-order valence-corrected chi connectivity index (χ0v) is 15.4. The number of hydrogen-bond acceptors (Lipinski definition) is 4. The summed E-state index contributed by atoms with van der Waals surface area (Å²) in [7, 11) is 0. The third-order valence-corrected chi connectivity index (χ3v) is 4.82. The molecular formula is C19H21BrN2O3. The van der Waals surface area contributed by atoms with Crippen molar-refractivity contribution in [3.63, 3.8) is 0 Å². The van der Waals surface area contributed by atoms with Crippen LogP contribution in [0.4, 0.5) is 0 Å². The van der Waals surface area contributed by atoms with E-state index in [-0.39, 0.29) is 23.3 Å². The van der Waals surface area contributed by atoms with Gasteiger partial charge in [-0.15, -0.1) is 0 Å². The van der Waals surface area contributed by atoms with Crippen molar-refractivity contribution in [1.29, 1.82) is 0 Å². The first-order chi connectivity index (χ1) is 12.1. The Hall–Kier alpha value is -1.89. The van der Waals surface area contributed by atoms with Crippen LogP contribution in [0.1, 0.15) is 22.0 Å². The zero-order chi connectivity index (χ0) is 17.6. The van der Waals surface area contributed by atoms with Gasteiger partial charge >= 0.3 is 0 Å². The molecule has 0 aliphatic carbocycles. The number of amides is 1. The lowest BCUT2D eigenvalue weighted by molar-refractivity contribution is 0.0162. The second-order valence-electron chi connectivity index (χ2n) is 5.95. The predicted molar refractivity (Wildman–Crippen MR) is 99.7 cm³/mol. The second kappa shape index (κ2) is 8.47. The summed E-state index contributed by atoms with van der Waals surface area (Å²) in [4.78, 5) is 14.8. The van der Waals surface area contributed by atoms with Crippen molar-refractivity contribution in [1.82, 2.24) is 10.2 Å². The number of phenolic OH excluding ortho intramolecular Hbond substituents is 1. The Morgan fingerprint density at radius 2 is 1.92 bits per heavy atom. The van der Waals surface area contributed by atoms with E-state index in [1.165, 1.54) is 6.07 Å². The van der Waals surface area contributed by atoms with E-state index in [4.69, 9.17) is 4.74 Å². The number of phenols is 1. The van der Waals surface area contributed by atoms with Gasteiger partial charge in [-0.25, -0.2) is 0 Å². The lowest BCUT2D eigenvalue weighted by Crippen LogP contribution is -2.43. The largest absolute Gasteiger partial charge is 0.507 e. The Balaban J connectivity index is 1.74. The molecule has 1 saturated heterocycles. The first-order valence-corrected chi connectivity index (χ1v) is 9.08. The molecule has 6 heteroatoms. The summed E-state index contributed by atoms with van der Waals surface area (Å²) in [5.74, 6) is -0.309. The van der Waals surface area contributed by atoms with Gasteiger partial charge in [0.15, 0.2) is 0 Å². The highest BCUT2D eigenvalue weighted by Gasteiger charge is 2.23. The third kappa shape index (κ3) is 4.60. The van der Waals surface area contributed by atoms with Crippen LogP contribution in [0.3, 0.4) is 0 Å². The fraction of sp³-hybridized carbons (Fsp3) is 0.316. The molecule has 132 valence electrons. The van der Waals surface area contributed by atoms with Gasteiger partial charge in [-0.2, -0.15) is 0 Å². The molecule has 0 spiro atoms. The van der Waals surface area contributed by atoms with Gasteiger partial charge in [-0.1, -0.05) is 46.3 Å². The van der Waals surface area contributed by atoms with Crippen LogP contribution in [0.5, 0.6) is 5.75 Å². The lowest BCUT2D eigenvalue weighted by Gasteiger charge is -2.35. The number of carbonyl (C=O) groups excluding carboxylic acids is 1. The molecule has 2 N–H and O–H groups in total. The van der Waals surface area contributed by atoms with E-state index in [2.05, 4.69) is 38.3 Å². The maximum atomic E-state index is 12.5. The first-order valence-electron chi connectivity index (χ1n) is 8.28. The highest BCUT2D eigenvalue weighted by atomic mass is 79.9. The van der Waals surface area contributed by atoms with Crippen molar-refractivity contribution in [2.45, 2.75) is 6.04 Å². The maximum Gasteiger partial charge on any atom is 0.255 e. The summed E-state index contributed by atoms with van der Waals surface area (Å²) in [6, 6.07) is 15.0. The fourth-order valence-electron chi connectivity index (χ4n) is 3.00. The highest BCUT2D eigenvalue weighted by Crippen LogP contribution is 2.23. The Bertz CT molecular complexity index is 718. The Morgan fingerprint density at radius 3 is 2.64 bits per heavy atom. The predicted octanol–water partition coefficient (Wildman–Crippen LogP) is 2.96. The molecule has 1 aliphatic rings. The first kappa shape index (κ1) is 17.9. The standard InChI is InChI=1S/C19H21BrN2O3/c20-15-6-7-18(23)16(12-15)19(24)21-13-17(14-4-2-1-3-5-14)22-8-10-25-11-9-22/h1-7,12,17,23H,8-11,13H2,(H,21,24). The van der Waals surface area contributed by atoms with Crippen molar-refractivity contribution in [2.75, 3.05) is 32.8 Å². The summed E-state index contributed by atoms with van der Waals surface area (Å²) < 4.78 is 6.20. The molecule has 1 heterocycles. The number of halogens is 1. The molecule has 2 aromatic rings. The van der Waals surface area contributed by atoms with Gasteiger partial charge < -0.3 is 15.2 Å². The van der Waals surface area contributed by atoms with Crippen LogP contribution in [0.25, 0.3) is 0 Å². The Kier molecular flexibility index (Phi) is 6.07. The Morgan fingerprint density at radius 1 is 1.20 bits per heavy atom. The minimum absolute atomic E-state index is 0.0247. The van der Waals surface area contributed by atoms with E-state index in [0.29, 0.717) is 19.8 Å². The maximum absolute atomic E-state index is 12.5. The van der Waals surface area contributed by atoms with E-state index in [1.54, 1.807) is 12.1 Å². The minimum Gasteiger partial charge on any atom is -0.507 e.